The van der Waals surface area contributed by atoms with Crippen LogP contribution in [0.25, 0.3) is 0 Å². The van der Waals surface area contributed by atoms with E-state index in [2.05, 4.69) is 17.1 Å². The molecule has 2 fully saturated rings. The molecular formula is C26H30Cl2F4N4O. The number of likely N-dealkylation sites (N-methyl/N-ethyl adjacent to an activating group) is 1. The van der Waals surface area contributed by atoms with E-state index in [1.54, 1.807) is 12.1 Å². The highest BCUT2D eigenvalue weighted by molar-refractivity contribution is 6.42. The molecule has 2 aliphatic rings. The second kappa shape index (κ2) is 11.5. The fourth-order valence-electron chi connectivity index (χ4n) is 5.25. The minimum absolute atomic E-state index is 0.0237. The van der Waals surface area contributed by atoms with Crippen molar-refractivity contribution in [2.45, 2.75) is 37.6 Å². The Hall–Kier alpha value is -1.91. The van der Waals surface area contributed by atoms with Gasteiger partial charge in [0.25, 0.3) is 0 Å². The SMILES string of the molecule is C[C@H]1CN(CC(=O)N2CC(N(C)Cc3ccc(C(F)(F)F)c(F)c3)[C@@H](c3ccc(Cl)c(Cl)c3)C2)CCN1. The van der Waals surface area contributed by atoms with Crippen LogP contribution < -0.4 is 5.32 Å². The standard InChI is InChI=1S/C26H30Cl2F4N4O/c1-16-11-35(8-7-33-16)15-25(37)36-13-19(18-4-6-21(27)22(28)10-18)24(14-36)34(2)12-17-3-5-20(23(29)9-17)26(30,31)32/h3-6,9-10,16,19,24,33H,7-8,11-15H2,1-2H3/t16-,19+,24?/m0/s1. The number of carbonyl (C=O) groups excluding carboxylic acids is 1. The summed E-state index contributed by atoms with van der Waals surface area (Å²) < 4.78 is 53.1. The van der Waals surface area contributed by atoms with Crippen molar-refractivity contribution >= 4 is 29.1 Å². The Morgan fingerprint density at radius 3 is 2.51 bits per heavy atom. The van der Waals surface area contributed by atoms with Gasteiger partial charge in [-0.3, -0.25) is 14.6 Å². The zero-order valence-electron chi connectivity index (χ0n) is 20.7. The van der Waals surface area contributed by atoms with Crippen LogP contribution in [0.1, 0.15) is 29.5 Å². The molecule has 5 nitrogen and oxygen atoms in total. The molecule has 2 aliphatic heterocycles. The number of nitrogens with zero attached hydrogens (tertiary/aromatic N) is 3. The van der Waals surface area contributed by atoms with E-state index >= 15 is 0 Å². The van der Waals surface area contributed by atoms with Crippen molar-refractivity contribution in [3.8, 4) is 0 Å². The van der Waals surface area contributed by atoms with Gasteiger partial charge in [-0.15, -0.1) is 0 Å². The molecular weight excluding hydrogens is 531 g/mol. The summed E-state index contributed by atoms with van der Waals surface area (Å²) in [6.07, 6.45) is -4.75. The summed E-state index contributed by atoms with van der Waals surface area (Å²) in [6.45, 7) is 5.94. The van der Waals surface area contributed by atoms with Crippen molar-refractivity contribution in [2.75, 3.05) is 46.3 Å². The van der Waals surface area contributed by atoms with Crippen LogP contribution >= 0.6 is 23.2 Å². The Balaban J connectivity index is 1.53. The number of hydrogen-bond acceptors (Lipinski definition) is 4. The van der Waals surface area contributed by atoms with Gasteiger partial charge in [-0.2, -0.15) is 13.2 Å². The number of halogens is 6. The lowest BCUT2D eigenvalue weighted by Gasteiger charge is -2.32. The summed E-state index contributed by atoms with van der Waals surface area (Å²) in [5.74, 6) is -1.38. The molecule has 0 radical (unpaired) electrons. The van der Waals surface area contributed by atoms with Crippen LogP contribution in [0.5, 0.6) is 0 Å². The predicted molar refractivity (Wildman–Crippen MR) is 136 cm³/mol. The first kappa shape index (κ1) is 28.1. The van der Waals surface area contributed by atoms with Gasteiger partial charge < -0.3 is 10.2 Å². The van der Waals surface area contributed by atoms with Crippen LogP contribution in [0.3, 0.4) is 0 Å². The Bertz CT molecular complexity index is 1130. The molecule has 37 heavy (non-hydrogen) atoms. The maximum absolute atomic E-state index is 14.2. The highest BCUT2D eigenvalue weighted by Gasteiger charge is 2.39. The lowest BCUT2D eigenvalue weighted by molar-refractivity contribution is -0.140. The van der Waals surface area contributed by atoms with Crippen LogP contribution in [-0.4, -0.2) is 79.0 Å². The van der Waals surface area contributed by atoms with Gasteiger partial charge in [0.15, 0.2) is 0 Å². The van der Waals surface area contributed by atoms with Gasteiger partial charge in [-0.1, -0.05) is 35.3 Å². The number of carbonyl (C=O) groups is 1. The number of nitrogens with one attached hydrogen (secondary N) is 1. The average molecular weight is 561 g/mol. The minimum atomic E-state index is -4.75. The van der Waals surface area contributed by atoms with Gasteiger partial charge in [0, 0.05) is 57.3 Å². The number of likely N-dealkylation sites (tertiary alicyclic amines) is 1. The molecule has 2 aromatic carbocycles. The van der Waals surface area contributed by atoms with Crippen LogP contribution in [0.15, 0.2) is 36.4 Å². The molecule has 0 spiro atoms. The van der Waals surface area contributed by atoms with E-state index < -0.39 is 17.6 Å². The lowest BCUT2D eigenvalue weighted by Crippen LogP contribution is -2.52. The van der Waals surface area contributed by atoms with E-state index in [-0.39, 0.29) is 24.4 Å². The third-order valence-corrected chi connectivity index (χ3v) is 7.90. The molecule has 0 saturated carbocycles. The van der Waals surface area contributed by atoms with Gasteiger partial charge in [0.2, 0.25) is 5.91 Å². The molecule has 1 amide bonds. The van der Waals surface area contributed by atoms with Crippen LogP contribution in [0.4, 0.5) is 17.6 Å². The quantitative estimate of drug-likeness (QED) is 0.511. The fraction of sp³-hybridized carbons (Fsp3) is 0.500. The fourth-order valence-corrected chi connectivity index (χ4v) is 5.55. The van der Waals surface area contributed by atoms with Gasteiger partial charge in [0.1, 0.15) is 5.82 Å². The molecule has 4 rings (SSSR count). The van der Waals surface area contributed by atoms with Crippen molar-refractivity contribution < 1.29 is 22.4 Å². The Labute approximate surface area is 224 Å². The summed E-state index contributed by atoms with van der Waals surface area (Å²) in [7, 11) is 1.83. The summed E-state index contributed by atoms with van der Waals surface area (Å²) in [6, 6.07) is 8.53. The minimum Gasteiger partial charge on any atom is -0.339 e. The molecule has 0 aliphatic carbocycles. The Morgan fingerprint density at radius 2 is 1.86 bits per heavy atom. The second-order valence-electron chi connectivity index (χ2n) is 9.96. The maximum atomic E-state index is 14.2. The van der Waals surface area contributed by atoms with Crippen molar-refractivity contribution in [3.05, 3.63) is 69.0 Å². The third-order valence-electron chi connectivity index (χ3n) is 7.16. The summed E-state index contributed by atoms with van der Waals surface area (Å²) in [4.78, 5) is 19.2. The van der Waals surface area contributed by atoms with E-state index in [1.807, 2.05) is 22.9 Å². The number of rotatable bonds is 6. The first-order valence-electron chi connectivity index (χ1n) is 12.2. The van der Waals surface area contributed by atoms with E-state index in [0.29, 0.717) is 41.3 Å². The average Bonchev–Trinajstić information content (AvgIpc) is 3.26. The normalized spacial score (nSPS) is 23.2. The molecule has 3 atom stereocenters. The molecule has 0 bridgehead atoms. The third kappa shape index (κ3) is 6.75. The zero-order valence-corrected chi connectivity index (χ0v) is 22.2. The van der Waals surface area contributed by atoms with E-state index in [9.17, 15) is 22.4 Å². The lowest BCUT2D eigenvalue weighted by atomic mass is 9.93. The highest BCUT2D eigenvalue weighted by atomic mass is 35.5. The molecule has 1 unspecified atom stereocenters. The second-order valence-corrected chi connectivity index (χ2v) is 10.8. The van der Waals surface area contributed by atoms with Gasteiger partial charge >= 0.3 is 6.18 Å². The first-order valence-corrected chi connectivity index (χ1v) is 12.9. The summed E-state index contributed by atoms with van der Waals surface area (Å²) in [5.41, 5.74) is 0.0452. The van der Waals surface area contributed by atoms with E-state index in [1.165, 1.54) is 6.07 Å². The van der Waals surface area contributed by atoms with Crippen LogP contribution in [0, 0.1) is 5.82 Å². The van der Waals surface area contributed by atoms with Crippen molar-refractivity contribution in [3.63, 3.8) is 0 Å². The van der Waals surface area contributed by atoms with E-state index in [4.69, 9.17) is 23.2 Å². The van der Waals surface area contributed by atoms with Gasteiger partial charge in [0.05, 0.1) is 22.2 Å². The Kier molecular flexibility index (Phi) is 8.70. The number of amides is 1. The molecule has 2 saturated heterocycles. The zero-order chi connectivity index (χ0) is 26.9. The van der Waals surface area contributed by atoms with Crippen molar-refractivity contribution in [1.82, 2.24) is 20.0 Å². The van der Waals surface area contributed by atoms with Crippen LogP contribution in [0.2, 0.25) is 10.0 Å². The first-order chi connectivity index (χ1) is 17.4. The van der Waals surface area contributed by atoms with Gasteiger partial charge in [-0.25, -0.2) is 4.39 Å². The highest BCUT2D eigenvalue weighted by Crippen LogP contribution is 2.36. The largest absolute Gasteiger partial charge is 0.419 e. The maximum Gasteiger partial charge on any atom is 0.419 e. The number of hydrogen-bond donors (Lipinski definition) is 1. The van der Waals surface area contributed by atoms with Gasteiger partial charge in [-0.05, 0) is 49.4 Å². The van der Waals surface area contributed by atoms with E-state index in [0.717, 1.165) is 37.3 Å². The monoisotopic (exact) mass is 560 g/mol. The smallest absolute Gasteiger partial charge is 0.339 e. The predicted octanol–water partition coefficient (Wildman–Crippen LogP) is 4.87. The summed E-state index contributed by atoms with van der Waals surface area (Å²) in [5, 5.41) is 4.20. The number of benzene rings is 2. The Morgan fingerprint density at radius 1 is 1.11 bits per heavy atom. The topological polar surface area (TPSA) is 38.8 Å². The van der Waals surface area contributed by atoms with Crippen LogP contribution in [-0.2, 0) is 17.5 Å². The molecule has 2 aromatic rings. The molecule has 0 aromatic heterocycles. The summed E-state index contributed by atoms with van der Waals surface area (Å²) >= 11 is 12.4. The van der Waals surface area contributed by atoms with Crippen molar-refractivity contribution in [1.29, 1.82) is 0 Å². The molecule has 11 heteroatoms. The number of alkyl halides is 3. The van der Waals surface area contributed by atoms with Crippen molar-refractivity contribution in [2.24, 2.45) is 0 Å². The molecule has 202 valence electrons. The molecule has 2 heterocycles. The number of piperazine rings is 1. The molecule has 1 N–H and O–H groups in total.